The highest BCUT2D eigenvalue weighted by Crippen LogP contribution is 2.24. The van der Waals surface area contributed by atoms with E-state index in [1.54, 1.807) is 0 Å². The average Bonchev–Trinajstić information content (AvgIpc) is 3.27. The third-order valence-electron chi connectivity index (χ3n) is 12.1. The molecule has 0 saturated carbocycles. The number of fused-ring (bicyclic) bond motifs is 2. The van der Waals surface area contributed by atoms with E-state index in [1.165, 1.54) is 12.0 Å². The Morgan fingerprint density at radius 3 is 1.73 bits per heavy atom. The summed E-state index contributed by atoms with van der Waals surface area (Å²) in [4.78, 5) is 54.6. The average molecular weight is 853 g/mol. The van der Waals surface area contributed by atoms with Crippen LogP contribution in [0.25, 0.3) is 21.8 Å². The molecule has 4 aromatic heterocycles. The predicted molar refractivity (Wildman–Crippen MR) is 252 cm³/mol. The van der Waals surface area contributed by atoms with Gasteiger partial charge in [0.05, 0.1) is 11.0 Å². The molecule has 2 atom stereocenters. The van der Waals surface area contributed by atoms with Crippen LogP contribution < -0.4 is 16.2 Å². The minimum atomic E-state index is -0.532. The molecule has 6 aromatic rings. The molecule has 2 aromatic carbocycles. The van der Waals surface area contributed by atoms with Gasteiger partial charge in [-0.25, -0.2) is 4.79 Å². The smallest absolute Gasteiger partial charge is 0.410 e. The van der Waals surface area contributed by atoms with E-state index < -0.39 is 5.60 Å². The molecule has 2 fully saturated rings. The van der Waals surface area contributed by atoms with E-state index in [2.05, 4.69) is 47.9 Å². The second kappa shape index (κ2) is 20.2. The number of rotatable bonds is 10. The maximum absolute atomic E-state index is 13.4. The molecule has 1 N–H and O–H groups in total. The molecule has 12 nitrogen and oxygen atoms in total. The maximum Gasteiger partial charge on any atom is 0.410 e. The van der Waals surface area contributed by atoms with E-state index in [4.69, 9.17) is 4.74 Å². The van der Waals surface area contributed by atoms with Crippen LogP contribution in [0.3, 0.4) is 0 Å². The van der Waals surface area contributed by atoms with Crippen molar-refractivity contribution >= 4 is 27.9 Å². The second-order valence-corrected chi connectivity index (χ2v) is 18.4. The Morgan fingerprint density at radius 1 is 0.730 bits per heavy atom. The number of benzene rings is 2. The molecular weight excluding hydrogens is 789 g/mol. The monoisotopic (exact) mass is 853 g/mol. The standard InChI is InChI=1S/C28H36N4O3.C23H28N4O/c1-20-15-21(12-13-29-20)16-32(23-9-8-14-31(19-23)27(34)35-28(2,3)4)18-22-17-30(5)25-11-7-6-10-24(25)26(22)33;1-17-12-18(9-11-25-17)14-27(20-6-5-10-24-13-20)16-19-15-26(2)22-8-4-3-7-21(22)23(19)28/h6-7,10-13,15,17,23H,8-9,14,16,18-19H2,1-5H3;3-4,7-9,11-12,15,20,24H,5-6,10,13-14,16H2,1-2H3/t23-;20-/m00/s1. The summed E-state index contributed by atoms with van der Waals surface area (Å²) in [6, 6.07) is 24.4. The van der Waals surface area contributed by atoms with Crippen LogP contribution in [0.2, 0.25) is 0 Å². The summed E-state index contributed by atoms with van der Waals surface area (Å²) in [6.45, 7) is 15.6. The third kappa shape index (κ3) is 11.7. The number of nitrogens with one attached hydrogen (secondary N) is 1. The Labute approximate surface area is 371 Å². The number of ether oxygens (including phenoxy) is 1. The number of nitrogens with zero attached hydrogens (tertiary/aromatic N) is 7. The molecule has 8 rings (SSSR count). The molecule has 0 unspecified atom stereocenters. The molecule has 0 radical (unpaired) electrons. The first-order chi connectivity index (χ1) is 30.2. The van der Waals surface area contributed by atoms with Crippen molar-refractivity contribution in [1.29, 1.82) is 0 Å². The van der Waals surface area contributed by atoms with Gasteiger partial charge in [0.15, 0.2) is 10.9 Å². The van der Waals surface area contributed by atoms with Crippen LogP contribution in [0.4, 0.5) is 4.79 Å². The number of hydrogen-bond donors (Lipinski definition) is 1. The van der Waals surface area contributed by atoms with E-state index >= 15 is 0 Å². The highest BCUT2D eigenvalue weighted by Gasteiger charge is 2.31. The zero-order chi connectivity index (χ0) is 44.7. The fourth-order valence-corrected chi connectivity index (χ4v) is 9.07. The number of carbonyl (C=O) groups excluding carboxylic acids is 1. The summed E-state index contributed by atoms with van der Waals surface area (Å²) < 4.78 is 9.74. The Kier molecular flexibility index (Phi) is 14.5. The first-order valence-electron chi connectivity index (χ1n) is 22.4. The molecule has 1 amide bonds. The second-order valence-electron chi connectivity index (χ2n) is 18.4. The highest BCUT2D eigenvalue weighted by molar-refractivity contribution is 5.80. The molecule has 2 saturated heterocycles. The van der Waals surface area contributed by atoms with Gasteiger partial charge in [0.1, 0.15) is 5.60 Å². The van der Waals surface area contributed by atoms with Crippen molar-refractivity contribution < 1.29 is 9.53 Å². The number of aryl methyl sites for hydroxylation is 4. The van der Waals surface area contributed by atoms with Gasteiger partial charge in [0.2, 0.25) is 0 Å². The van der Waals surface area contributed by atoms with E-state index in [-0.39, 0.29) is 23.0 Å². The fourth-order valence-electron chi connectivity index (χ4n) is 9.07. The van der Waals surface area contributed by atoms with Crippen molar-refractivity contribution in [3.8, 4) is 0 Å². The molecule has 2 aliphatic heterocycles. The zero-order valence-electron chi connectivity index (χ0n) is 38.1. The van der Waals surface area contributed by atoms with Crippen molar-refractivity contribution in [3.63, 3.8) is 0 Å². The van der Waals surface area contributed by atoms with Crippen molar-refractivity contribution in [2.45, 2.75) is 104 Å². The number of likely N-dealkylation sites (tertiary alicyclic amines) is 1. The van der Waals surface area contributed by atoms with Gasteiger partial charge in [0, 0.05) is 130 Å². The number of pyridine rings is 4. The SMILES string of the molecule is Cc1cc(CN(Cc2cn(C)c3ccccc3c2=O)[C@H]2CCCN(C(=O)OC(C)(C)C)C2)ccn1.Cc1cc(CN(Cc2cn(C)c3ccccc3c2=O)[C@H]2CCCNC2)ccn1. The predicted octanol–water partition coefficient (Wildman–Crippen LogP) is 7.64. The number of aromatic nitrogens is 4. The van der Waals surface area contributed by atoms with Crippen LogP contribution in [0.1, 0.15) is 80.1 Å². The lowest BCUT2D eigenvalue weighted by atomic mass is 10.0. The van der Waals surface area contributed by atoms with Gasteiger partial charge >= 0.3 is 6.09 Å². The first-order valence-corrected chi connectivity index (χ1v) is 22.4. The van der Waals surface area contributed by atoms with Crippen LogP contribution in [0.5, 0.6) is 0 Å². The maximum atomic E-state index is 13.4. The lowest BCUT2D eigenvalue weighted by Crippen LogP contribution is -2.50. The summed E-state index contributed by atoms with van der Waals surface area (Å²) in [5, 5.41) is 5.04. The van der Waals surface area contributed by atoms with Gasteiger partial charge in [-0.2, -0.15) is 0 Å². The van der Waals surface area contributed by atoms with E-state index in [0.29, 0.717) is 38.8 Å². The van der Waals surface area contributed by atoms with Gasteiger partial charge in [0.25, 0.3) is 0 Å². The molecule has 0 bridgehead atoms. The number of hydrogen-bond acceptors (Lipinski definition) is 9. The molecular formula is C51H64N8O4. The largest absolute Gasteiger partial charge is 0.444 e. The number of piperidine rings is 2. The number of para-hydroxylation sites is 2. The van der Waals surface area contributed by atoms with Gasteiger partial charge < -0.3 is 24.1 Å². The highest BCUT2D eigenvalue weighted by atomic mass is 16.6. The summed E-state index contributed by atoms with van der Waals surface area (Å²) in [7, 11) is 4.00. The Balaban J connectivity index is 0.000000193. The first kappa shape index (κ1) is 45.3. The normalized spacial score (nSPS) is 16.9. The van der Waals surface area contributed by atoms with Crippen molar-refractivity contribution in [2.24, 2.45) is 14.1 Å². The summed E-state index contributed by atoms with van der Waals surface area (Å²) >= 11 is 0. The van der Waals surface area contributed by atoms with Crippen LogP contribution in [-0.2, 0) is 45.0 Å². The summed E-state index contributed by atoms with van der Waals surface area (Å²) in [5.74, 6) is 0. The molecule has 63 heavy (non-hydrogen) atoms. The van der Waals surface area contributed by atoms with Crippen LogP contribution >= 0.6 is 0 Å². The molecule has 6 heterocycles. The van der Waals surface area contributed by atoms with Gasteiger partial charge in [-0.05, 0) is 127 Å². The minimum absolute atomic E-state index is 0.0643. The Bertz CT molecular complexity index is 2640. The van der Waals surface area contributed by atoms with Gasteiger partial charge in [-0.3, -0.25) is 29.4 Å². The van der Waals surface area contributed by atoms with Crippen molar-refractivity contribution in [3.05, 3.63) is 152 Å². The van der Waals surface area contributed by atoms with Gasteiger partial charge in [-0.1, -0.05) is 24.3 Å². The summed E-state index contributed by atoms with van der Waals surface area (Å²) in [6.07, 6.45) is 11.6. The lowest BCUT2D eigenvalue weighted by Gasteiger charge is -2.40. The Morgan fingerprint density at radius 2 is 1.24 bits per heavy atom. The van der Waals surface area contributed by atoms with Crippen molar-refractivity contribution in [2.75, 3.05) is 26.2 Å². The zero-order valence-corrected chi connectivity index (χ0v) is 38.1. The Hall–Kier alpha value is -5.69. The molecule has 12 heteroatoms. The fraction of sp³-hybridized carbons (Fsp3) is 0.431. The number of carbonyl (C=O) groups is 1. The van der Waals surface area contributed by atoms with Crippen LogP contribution in [0, 0.1) is 13.8 Å². The molecule has 332 valence electrons. The van der Waals surface area contributed by atoms with Crippen LogP contribution in [-0.4, -0.2) is 83.8 Å². The molecule has 2 aliphatic rings. The van der Waals surface area contributed by atoms with E-state index in [9.17, 15) is 14.4 Å². The third-order valence-corrected chi connectivity index (χ3v) is 12.1. The lowest BCUT2D eigenvalue weighted by molar-refractivity contribution is 0.00888. The summed E-state index contributed by atoms with van der Waals surface area (Å²) in [5.41, 5.74) is 7.57. The molecule has 0 spiro atoms. The van der Waals surface area contributed by atoms with E-state index in [1.807, 2.05) is 138 Å². The minimum Gasteiger partial charge on any atom is -0.444 e. The van der Waals surface area contributed by atoms with Gasteiger partial charge in [-0.15, -0.1) is 0 Å². The quantitative estimate of drug-likeness (QED) is 0.148. The van der Waals surface area contributed by atoms with Crippen molar-refractivity contribution in [1.82, 2.24) is 39.1 Å². The topological polar surface area (TPSA) is 118 Å². The van der Waals surface area contributed by atoms with Crippen LogP contribution in [0.15, 0.2) is 107 Å². The van der Waals surface area contributed by atoms with E-state index in [0.717, 1.165) is 88.8 Å². The molecule has 0 aliphatic carbocycles. The number of amides is 1.